The quantitative estimate of drug-likeness (QED) is 0.240. The summed E-state index contributed by atoms with van der Waals surface area (Å²) in [6.45, 7) is 0.816. The minimum Gasteiger partial charge on any atom is -0.489 e. The van der Waals surface area contributed by atoms with Crippen LogP contribution in [0, 0.1) is 5.41 Å². The molecular formula is C28H27N3O3S. The van der Waals surface area contributed by atoms with Gasteiger partial charge in [-0.2, -0.15) is 0 Å². The summed E-state index contributed by atoms with van der Waals surface area (Å²) in [5.41, 5.74) is 10.5. The van der Waals surface area contributed by atoms with Crippen LogP contribution in [-0.4, -0.2) is 20.8 Å². The molecule has 4 aromatic rings. The lowest BCUT2D eigenvalue weighted by atomic mass is 9.77. The first kappa shape index (κ1) is 23.1. The third-order valence-corrected chi connectivity index (χ3v) is 7.71. The van der Waals surface area contributed by atoms with Crippen LogP contribution in [0.1, 0.15) is 33.7 Å². The fourth-order valence-corrected chi connectivity index (χ4v) is 5.64. The van der Waals surface area contributed by atoms with Crippen molar-refractivity contribution in [2.24, 2.45) is 5.73 Å². The summed E-state index contributed by atoms with van der Waals surface area (Å²) in [5, 5.41) is 9.69. The van der Waals surface area contributed by atoms with E-state index in [1.807, 2.05) is 72.8 Å². The predicted molar refractivity (Wildman–Crippen MR) is 139 cm³/mol. The second kappa shape index (κ2) is 9.52. The maximum absolute atomic E-state index is 12.5. The largest absolute Gasteiger partial charge is 0.489 e. The average Bonchev–Trinajstić information content (AvgIpc) is 2.83. The van der Waals surface area contributed by atoms with Crippen LogP contribution in [0.25, 0.3) is 10.8 Å². The molecule has 178 valence electrons. The van der Waals surface area contributed by atoms with Crippen LogP contribution in [0.15, 0.2) is 84.9 Å². The van der Waals surface area contributed by atoms with E-state index in [9.17, 15) is 8.42 Å². The highest BCUT2D eigenvalue weighted by molar-refractivity contribution is 7.88. The zero-order chi connectivity index (χ0) is 24.4. The van der Waals surface area contributed by atoms with E-state index < -0.39 is 10.0 Å². The molecule has 1 aliphatic rings. The number of fused-ring (bicyclic) bond motifs is 2. The molecular weight excluding hydrogens is 458 g/mol. The molecule has 0 bridgehead atoms. The molecule has 6 nitrogen and oxygen atoms in total. The number of sulfonamides is 1. The van der Waals surface area contributed by atoms with Gasteiger partial charge < -0.3 is 10.5 Å². The minimum absolute atomic E-state index is 0.0155. The number of benzene rings is 4. The molecule has 4 N–H and O–H groups in total. The third-order valence-electron chi connectivity index (χ3n) is 6.39. The van der Waals surface area contributed by atoms with Crippen LogP contribution in [0.3, 0.4) is 0 Å². The second-order valence-electron chi connectivity index (χ2n) is 8.95. The number of hydrogen-bond acceptors (Lipinski definition) is 4. The standard InChI is InChI=1S/C28H27N3O3S/c29-28(30)24-9-8-21-12-20(6-7-22(21)13-24)17-34-26-11-10-23-14-25(27(23)15-26)16-31-35(32,33)18-19-4-2-1-3-5-19/h1-13,15,25,31H,14,16-18H2,(H3,29,30). The molecule has 0 heterocycles. The Morgan fingerprint density at radius 2 is 1.71 bits per heavy atom. The van der Waals surface area contributed by atoms with Crippen molar-refractivity contribution in [2.75, 3.05) is 6.54 Å². The summed E-state index contributed by atoms with van der Waals surface area (Å²) in [6.07, 6.45) is 0.858. The molecule has 1 aliphatic carbocycles. The van der Waals surface area contributed by atoms with E-state index in [2.05, 4.69) is 16.9 Å². The number of nitrogens with two attached hydrogens (primary N) is 1. The molecule has 0 saturated carbocycles. The van der Waals surface area contributed by atoms with Gasteiger partial charge in [-0.1, -0.05) is 60.7 Å². The van der Waals surface area contributed by atoms with Gasteiger partial charge >= 0.3 is 0 Å². The van der Waals surface area contributed by atoms with Crippen molar-refractivity contribution >= 4 is 26.6 Å². The van der Waals surface area contributed by atoms with Gasteiger partial charge in [0, 0.05) is 18.0 Å². The topological polar surface area (TPSA) is 105 Å². The fraction of sp³-hybridized carbons (Fsp3) is 0.179. The molecule has 0 fully saturated rings. The van der Waals surface area contributed by atoms with Crippen LogP contribution in [0.4, 0.5) is 0 Å². The summed E-state index contributed by atoms with van der Waals surface area (Å²) in [6, 6.07) is 27.1. The van der Waals surface area contributed by atoms with Crippen molar-refractivity contribution in [3.8, 4) is 5.75 Å². The van der Waals surface area contributed by atoms with E-state index in [4.69, 9.17) is 15.9 Å². The Bertz CT molecular complexity index is 1500. The Balaban J connectivity index is 1.20. The molecule has 4 aromatic carbocycles. The summed E-state index contributed by atoms with van der Waals surface area (Å²) < 4.78 is 33.8. The first-order valence-corrected chi connectivity index (χ1v) is 13.2. The molecule has 0 radical (unpaired) electrons. The van der Waals surface area contributed by atoms with Crippen molar-refractivity contribution in [1.82, 2.24) is 4.72 Å². The Morgan fingerprint density at radius 1 is 0.943 bits per heavy atom. The van der Waals surface area contributed by atoms with E-state index >= 15 is 0 Å². The van der Waals surface area contributed by atoms with Gasteiger partial charge in [0.15, 0.2) is 0 Å². The molecule has 0 amide bonds. The summed E-state index contributed by atoms with van der Waals surface area (Å²) in [4.78, 5) is 0. The highest BCUT2D eigenvalue weighted by atomic mass is 32.2. The van der Waals surface area contributed by atoms with Gasteiger partial charge in [0.1, 0.15) is 18.2 Å². The normalized spacial score (nSPS) is 14.8. The lowest BCUT2D eigenvalue weighted by molar-refractivity contribution is 0.305. The molecule has 0 spiro atoms. The van der Waals surface area contributed by atoms with Gasteiger partial charge in [-0.3, -0.25) is 5.41 Å². The summed E-state index contributed by atoms with van der Waals surface area (Å²) >= 11 is 0. The maximum Gasteiger partial charge on any atom is 0.215 e. The number of amidine groups is 1. The van der Waals surface area contributed by atoms with E-state index in [1.54, 1.807) is 0 Å². The average molecular weight is 486 g/mol. The first-order valence-electron chi connectivity index (χ1n) is 11.5. The number of hydrogen-bond donors (Lipinski definition) is 3. The molecule has 7 heteroatoms. The molecule has 5 rings (SSSR count). The molecule has 35 heavy (non-hydrogen) atoms. The van der Waals surface area contributed by atoms with E-state index in [0.29, 0.717) is 18.7 Å². The van der Waals surface area contributed by atoms with Gasteiger partial charge in [0.2, 0.25) is 10.0 Å². The first-order chi connectivity index (χ1) is 16.9. The lowest BCUT2D eigenvalue weighted by Crippen LogP contribution is -2.33. The van der Waals surface area contributed by atoms with Crippen LogP contribution < -0.4 is 15.2 Å². The van der Waals surface area contributed by atoms with Gasteiger partial charge in [-0.15, -0.1) is 0 Å². The fourth-order valence-electron chi connectivity index (χ4n) is 4.45. The second-order valence-corrected chi connectivity index (χ2v) is 10.8. The van der Waals surface area contributed by atoms with E-state index in [0.717, 1.165) is 39.6 Å². The summed E-state index contributed by atoms with van der Waals surface area (Å²) in [5.74, 6) is 0.962. The zero-order valence-electron chi connectivity index (χ0n) is 19.2. The van der Waals surface area contributed by atoms with Gasteiger partial charge in [-0.25, -0.2) is 13.1 Å². The van der Waals surface area contributed by atoms with Crippen molar-refractivity contribution in [2.45, 2.75) is 24.7 Å². The van der Waals surface area contributed by atoms with Crippen LogP contribution in [-0.2, 0) is 28.8 Å². The van der Waals surface area contributed by atoms with Crippen molar-refractivity contribution in [3.05, 3.63) is 113 Å². The maximum atomic E-state index is 12.5. The number of rotatable bonds is 9. The highest BCUT2D eigenvalue weighted by Gasteiger charge is 2.28. The number of nitrogen functional groups attached to an aromatic ring is 1. The monoisotopic (exact) mass is 485 g/mol. The molecule has 0 saturated heterocycles. The highest BCUT2D eigenvalue weighted by Crippen LogP contribution is 2.37. The third kappa shape index (κ3) is 5.37. The Hall–Kier alpha value is -3.68. The van der Waals surface area contributed by atoms with Crippen LogP contribution >= 0.6 is 0 Å². The van der Waals surface area contributed by atoms with Crippen molar-refractivity contribution in [1.29, 1.82) is 5.41 Å². The van der Waals surface area contributed by atoms with Crippen LogP contribution in [0.2, 0.25) is 0 Å². The van der Waals surface area contributed by atoms with Gasteiger partial charge in [0.25, 0.3) is 0 Å². The Kier molecular flexibility index (Phi) is 6.28. The zero-order valence-corrected chi connectivity index (χ0v) is 20.0. The number of nitrogens with one attached hydrogen (secondary N) is 2. The van der Waals surface area contributed by atoms with E-state index in [-0.39, 0.29) is 17.5 Å². The SMILES string of the molecule is N=C(N)c1ccc2cc(COc3ccc4c(c3)C(CNS(=O)(=O)Cc3ccccc3)C4)ccc2c1. The van der Waals surface area contributed by atoms with Crippen molar-refractivity contribution < 1.29 is 13.2 Å². The Morgan fingerprint density at radius 3 is 2.51 bits per heavy atom. The minimum atomic E-state index is -3.39. The number of ether oxygens (including phenoxy) is 1. The Labute approximate surface area is 205 Å². The van der Waals surface area contributed by atoms with Gasteiger partial charge in [0.05, 0.1) is 5.75 Å². The predicted octanol–water partition coefficient (Wildman–Crippen LogP) is 4.46. The van der Waals surface area contributed by atoms with Crippen molar-refractivity contribution in [3.63, 3.8) is 0 Å². The van der Waals surface area contributed by atoms with E-state index in [1.165, 1.54) is 5.56 Å². The lowest BCUT2D eigenvalue weighted by Gasteiger charge is -2.30. The summed E-state index contributed by atoms with van der Waals surface area (Å²) in [7, 11) is -3.39. The van der Waals surface area contributed by atoms with Gasteiger partial charge in [-0.05, 0) is 63.7 Å². The smallest absolute Gasteiger partial charge is 0.215 e. The molecule has 0 aliphatic heterocycles. The molecule has 0 aromatic heterocycles. The molecule has 1 atom stereocenters. The molecule has 1 unspecified atom stereocenters. The van der Waals surface area contributed by atoms with Crippen LogP contribution in [0.5, 0.6) is 5.75 Å².